The molecular formula is C15H13ClO4S. The number of phenols is 1. The highest BCUT2D eigenvalue weighted by Gasteiger charge is 2.20. The predicted molar refractivity (Wildman–Crippen MR) is 80.5 cm³/mol. The predicted octanol–water partition coefficient (Wildman–Crippen LogP) is 3.22. The molecule has 0 bridgehead atoms. The average molecular weight is 325 g/mol. The maximum atomic E-state index is 12.3. The zero-order valence-electron chi connectivity index (χ0n) is 11.2. The molecule has 0 atom stereocenters. The van der Waals surface area contributed by atoms with Crippen molar-refractivity contribution in [1.29, 1.82) is 0 Å². The lowest BCUT2D eigenvalue weighted by molar-refractivity contribution is 0.101. The number of aromatic hydroxyl groups is 1. The van der Waals surface area contributed by atoms with Gasteiger partial charge in [0.2, 0.25) is 0 Å². The van der Waals surface area contributed by atoms with E-state index in [1.54, 1.807) is 18.2 Å². The van der Waals surface area contributed by atoms with Crippen molar-refractivity contribution >= 4 is 27.2 Å². The molecule has 0 heterocycles. The van der Waals surface area contributed by atoms with Crippen molar-refractivity contribution in [2.45, 2.75) is 17.6 Å². The minimum absolute atomic E-state index is 0.0146. The summed E-state index contributed by atoms with van der Waals surface area (Å²) in [6.45, 7) is 1.28. The van der Waals surface area contributed by atoms with Gasteiger partial charge >= 0.3 is 0 Å². The molecule has 2 rings (SSSR count). The van der Waals surface area contributed by atoms with E-state index in [9.17, 15) is 18.3 Å². The molecule has 1 N–H and O–H groups in total. The first-order valence-corrected chi connectivity index (χ1v) is 8.14. The van der Waals surface area contributed by atoms with Gasteiger partial charge in [-0.1, -0.05) is 29.8 Å². The van der Waals surface area contributed by atoms with Crippen molar-refractivity contribution in [2.75, 3.05) is 0 Å². The van der Waals surface area contributed by atoms with Gasteiger partial charge in [-0.2, -0.15) is 0 Å². The summed E-state index contributed by atoms with van der Waals surface area (Å²) < 4.78 is 24.6. The van der Waals surface area contributed by atoms with Gasteiger partial charge < -0.3 is 5.11 Å². The number of carbonyl (C=O) groups excluding carboxylic acids is 1. The average Bonchev–Trinajstić information content (AvgIpc) is 2.43. The van der Waals surface area contributed by atoms with Crippen LogP contribution in [0.15, 0.2) is 47.4 Å². The zero-order chi connectivity index (χ0) is 15.6. The summed E-state index contributed by atoms with van der Waals surface area (Å²) in [5.41, 5.74) is 0.123. The van der Waals surface area contributed by atoms with Gasteiger partial charge in [-0.15, -0.1) is 0 Å². The Bertz CT molecular complexity index is 783. The molecule has 0 radical (unpaired) electrons. The van der Waals surface area contributed by atoms with Crippen molar-refractivity contribution in [3.63, 3.8) is 0 Å². The van der Waals surface area contributed by atoms with E-state index in [1.165, 1.54) is 31.2 Å². The molecular weight excluding hydrogens is 312 g/mol. The van der Waals surface area contributed by atoms with Crippen LogP contribution in [0.25, 0.3) is 0 Å². The van der Waals surface area contributed by atoms with E-state index in [1.807, 2.05) is 0 Å². The third kappa shape index (κ3) is 3.43. The summed E-state index contributed by atoms with van der Waals surface area (Å²) in [5.74, 6) is -1.15. The van der Waals surface area contributed by atoms with E-state index in [2.05, 4.69) is 0 Å². The molecule has 6 heteroatoms. The fourth-order valence-electron chi connectivity index (χ4n) is 1.95. The van der Waals surface area contributed by atoms with E-state index in [0.717, 1.165) is 0 Å². The largest absolute Gasteiger partial charge is 0.507 e. The number of phenolic OH excluding ortho intramolecular Hbond substituents is 1. The minimum Gasteiger partial charge on any atom is -0.507 e. The van der Waals surface area contributed by atoms with Crippen LogP contribution >= 0.6 is 11.6 Å². The number of rotatable bonds is 4. The van der Waals surface area contributed by atoms with E-state index >= 15 is 0 Å². The maximum Gasteiger partial charge on any atom is 0.182 e. The van der Waals surface area contributed by atoms with Gasteiger partial charge in [0.15, 0.2) is 15.6 Å². The Morgan fingerprint density at radius 2 is 1.81 bits per heavy atom. The number of halogens is 1. The van der Waals surface area contributed by atoms with Gasteiger partial charge in [-0.3, -0.25) is 4.79 Å². The van der Waals surface area contributed by atoms with Crippen LogP contribution in [0, 0.1) is 0 Å². The smallest absolute Gasteiger partial charge is 0.182 e. The molecule has 110 valence electrons. The molecule has 0 fully saturated rings. The summed E-state index contributed by atoms with van der Waals surface area (Å²) in [5, 5.41) is 10.3. The lowest BCUT2D eigenvalue weighted by Gasteiger charge is -2.10. The molecule has 0 aliphatic carbocycles. The second kappa shape index (κ2) is 5.87. The second-order valence-corrected chi connectivity index (χ2v) is 7.02. The standard InChI is InChI=1S/C15H13ClO4S/c1-10(17)14-8-12(16)7-11(15(14)18)9-21(19,20)13-5-3-2-4-6-13/h2-8,18H,9H2,1H3. The van der Waals surface area contributed by atoms with Gasteiger partial charge in [-0.25, -0.2) is 8.42 Å². The topological polar surface area (TPSA) is 71.4 Å². The molecule has 0 aromatic heterocycles. The van der Waals surface area contributed by atoms with Crippen LogP contribution in [0.2, 0.25) is 5.02 Å². The molecule has 0 saturated carbocycles. The normalized spacial score (nSPS) is 11.3. The van der Waals surface area contributed by atoms with Gasteiger partial charge in [-0.05, 0) is 31.2 Å². The van der Waals surface area contributed by atoms with Gasteiger partial charge in [0.05, 0.1) is 16.2 Å². The highest BCUT2D eigenvalue weighted by Crippen LogP contribution is 2.30. The first-order valence-electron chi connectivity index (χ1n) is 6.11. The zero-order valence-corrected chi connectivity index (χ0v) is 12.8. The summed E-state index contributed by atoms with van der Waals surface area (Å²) in [4.78, 5) is 11.6. The monoisotopic (exact) mass is 324 g/mol. The van der Waals surface area contributed by atoms with Crippen LogP contribution in [0.4, 0.5) is 0 Å². The third-order valence-corrected chi connectivity index (χ3v) is 4.88. The van der Waals surface area contributed by atoms with Crippen LogP contribution in [0.3, 0.4) is 0 Å². The Labute approximate surface area is 127 Å². The Hall–Kier alpha value is -1.85. The molecule has 0 aliphatic heterocycles. The maximum absolute atomic E-state index is 12.3. The molecule has 2 aromatic carbocycles. The SMILES string of the molecule is CC(=O)c1cc(Cl)cc(CS(=O)(=O)c2ccccc2)c1O. The number of hydrogen-bond acceptors (Lipinski definition) is 4. The Balaban J connectivity index is 2.47. The highest BCUT2D eigenvalue weighted by atomic mass is 35.5. The van der Waals surface area contributed by atoms with Crippen LogP contribution in [-0.2, 0) is 15.6 Å². The summed E-state index contributed by atoms with van der Waals surface area (Å²) in [7, 11) is -3.62. The molecule has 2 aromatic rings. The van der Waals surface area contributed by atoms with Crippen molar-refractivity contribution in [1.82, 2.24) is 0 Å². The Morgan fingerprint density at radius 3 is 2.38 bits per heavy atom. The molecule has 21 heavy (non-hydrogen) atoms. The van der Waals surface area contributed by atoms with Gasteiger partial charge in [0.25, 0.3) is 0 Å². The number of benzene rings is 2. The summed E-state index contributed by atoms with van der Waals surface area (Å²) in [6, 6.07) is 10.6. The molecule has 0 spiro atoms. The number of carbonyl (C=O) groups is 1. The second-order valence-electron chi connectivity index (χ2n) is 4.59. The third-order valence-electron chi connectivity index (χ3n) is 2.98. The van der Waals surface area contributed by atoms with E-state index in [0.29, 0.717) is 0 Å². The fraction of sp³-hybridized carbons (Fsp3) is 0.133. The Kier molecular flexibility index (Phi) is 4.34. The molecule has 0 amide bonds. The number of sulfone groups is 1. The quantitative estimate of drug-likeness (QED) is 0.876. The van der Waals surface area contributed by atoms with Crippen molar-refractivity contribution in [3.8, 4) is 5.75 Å². The fourth-order valence-corrected chi connectivity index (χ4v) is 3.56. The van der Waals surface area contributed by atoms with Crippen molar-refractivity contribution < 1.29 is 18.3 Å². The summed E-state index contributed by atoms with van der Waals surface area (Å²) >= 11 is 5.88. The first kappa shape index (κ1) is 15.5. The van der Waals surface area contributed by atoms with Gasteiger partial charge in [0, 0.05) is 10.6 Å². The molecule has 4 nitrogen and oxygen atoms in total. The summed E-state index contributed by atoms with van der Waals surface area (Å²) in [6.07, 6.45) is 0. The van der Waals surface area contributed by atoms with E-state index in [4.69, 9.17) is 11.6 Å². The van der Waals surface area contributed by atoms with Crippen LogP contribution in [0.5, 0.6) is 5.75 Å². The van der Waals surface area contributed by atoms with E-state index < -0.39 is 15.6 Å². The molecule has 0 saturated heterocycles. The van der Waals surface area contributed by atoms with Crippen molar-refractivity contribution in [3.05, 3.63) is 58.6 Å². The van der Waals surface area contributed by atoms with Crippen LogP contribution in [-0.4, -0.2) is 19.3 Å². The first-order chi connectivity index (χ1) is 9.81. The number of Topliss-reactive ketones (excluding diaryl/α,β-unsaturated/α-hetero) is 1. The van der Waals surface area contributed by atoms with Crippen LogP contribution in [0.1, 0.15) is 22.8 Å². The number of hydrogen-bond donors (Lipinski definition) is 1. The molecule has 0 unspecified atom stereocenters. The van der Waals surface area contributed by atoms with E-state index in [-0.39, 0.29) is 32.6 Å². The lowest BCUT2D eigenvalue weighted by Crippen LogP contribution is -2.06. The van der Waals surface area contributed by atoms with Gasteiger partial charge in [0.1, 0.15) is 5.75 Å². The minimum atomic E-state index is -3.62. The van der Waals surface area contributed by atoms with Crippen LogP contribution < -0.4 is 0 Å². The molecule has 0 aliphatic rings. The number of ketones is 1. The Morgan fingerprint density at radius 1 is 1.19 bits per heavy atom. The highest BCUT2D eigenvalue weighted by molar-refractivity contribution is 7.90. The lowest BCUT2D eigenvalue weighted by atomic mass is 10.1. The van der Waals surface area contributed by atoms with Crippen molar-refractivity contribution in [2.24, 2.45) is 0 Å².